The molecule has 0 saturated carbocycles. The smallest absolute Gasteiger partial charge is 0.0546 e. The molecule has 52 heavy (non-hydrogen) atoms. The van der Waals surface area contributed by atoms with Crippen molar-refractivity contribution in [2.75, 3.05) is 9.80 Å². The van der Waals surface area contributed by atoms with Gasteiger partial charge in [0.05, 0.1) is 5.69 Å². The first-order valence-corrected chi connectivity index (χ1v) is 17.8. The van der Waals surface area contributed by atoms with Crippen LogP contribution in [0.4, 0.5) is 34.1 Å². The zero-order valence-electron chi connectivity index (χ0n) is 28.7. The molecule has 0 bridgehead atoms. The van der Waals surface area contributed by atoms with Gasteiger partial charge in [0.15, 0.2) is 0 Å². The minimum atomic E-state index is 1.10. The Labute approximate surface area is 305 Å². The van der Waals surface area contributed by atoms with E-state index in [1.54, 1.807) is 0 Å². The highest BCUT2D eigenvalue weighted by Gasteiger charge is 2.20. The third kappa shape index (κ3) is 5.97. The van der Waals surface area contributed by atoms with Gasteiger partial charge in [0, 0.05) is 34.0 Å². The molecule has 0 saturated heterocycles. The van der Waals surface area contributed by atoms with Gasteiger partial charge < -0.3 is 9.80 Å². The zero-order chi connectivity index (χ0) is 34.7. The Bertz CT molecular complexity index is 2570. The summed E-state index contributed by atoms with van der Waals surface area (Å²) in [7, 11) is 0. The molecule has 0 atom stereocenters. The van der Waals surface area contributed by atoms with Crippen molar-refractivity contribution in [2.45, 2.75) is 0 Å². The molecule has 2 heteroatoms. The molecule has 0 heterocycles. The van der Waals surface area contributed by atoms with Gasteiger partial charge in [-0.25, -0.2) is 0 Å². The molecule has 0 spiro atoms. The van der Waals surface area contributed by atoms with Crippen LogP contribution in [0.25, 0.3) is 43.8 Å². The summed E-state index contributed by atoms with van der Waals surface area (Å²) < 4.78 is 0. The number of fused-ring (bicyclic) bond motifs is 2. The topological polar surface area (TPSA) is 6.48 Å². The first-order valence-electron chi connectivity index (χ1n) is 17.8. The van der Waals surface area contributed by atoms with Crippen LogP contribution in [0.15, 0.2) is 218 Å². The third-order valence-electron chi connectivity index (χ3n) is 9.79. The normalized spacial score (nSPS) is 11.1. The van der Waals surface area contributed by atoms with Crippen molar-refractivity contribution in [2.24, 2.45) is 0 Å². The van der Waals surface area contributed by atoms with Crippen molar-refractivity contribution >= 4 is 55.7 Å². The Balaban J connectivity index is 1.19. The minimum absolute atomic E-state index is 1.10. The van der Waals surface area contributed by atoms with Gasteiger partial charge in [0.25, 0.3) is 0 Å². The summed E-state index contributed by atoms with van der Waals surface area (Å²) in [6.45, 7) is 0. The van der Waals surface area contributed by atoms with Crippen LogP contribution in [0, 0.1) is 0 Å². The van der Waals surface area contributed by atoms with Crippen LogP contribution in [0.1, 0.15) is 0 Å². The Hall–Kier alpha value is -6.90. The number of para-hydroxylation sites is 2. The second-order valence-corrected chi connectivity index (χ2v) is 13.0. The summed E-state index contributed by atoms with van der Waals surface area (Å²) >= 11 is 0. The number of hydrogen-bond donors (Lipinski definition) is 0. The van der Waals surface area contributed by atoms with Crippen molar-refractivity contribution in [3.05, 3.63) is 218 Å². The highest BCUT2D eigenvalue weighted by atomic mass is 15.1. The first kappa shape index (κ1) is 31.1. The van der Waals surface area contributed by atoms with Crippen molar-refractivity contribution in [1.82, 2.24) is 0 Å². The molecule has 9 aromatic carbocycles. The average molecular weight is 665 g/mol. The monoisotopic (exact) mass is 664 g/mol. The lowest BCUT2D eigenvalue weighted by atomic mass is 9.94. The van der Waals surface area contributed by atoms with E-state index in [0.717, 1.165) is 45.3 Å². The van der Waals surface area contributed by atoms with Crippen molar-refractivity contribution in [1.29, 1.82) is 0 Å². The fraction of sp³-hybridized carbons (Fsp3) is 0. The molecule has 0 aliphatic rings. The fourth-order valence-corrected chi connectivity index (χ4v) is 7.33. The van der Waals surface area contributed by atoms with Crippen LogP contribution < -0.4 is 9.80 Å². The van der Waals surface area contributed by atoms with E-state index < -0.39 is 0 Å². The van der Waals surface area contributed by atoms with E-state index in [1.807, 2.05) is 0 Å². The van der Waals surface area contributed by atoms with Gasteiger partial charge in [-0.3, -0.25) is 0 Å². The fourth-order valence-electron chi connectivity index (χ4n) is 7.33. The molecule has 0 radical (unpaired) electrons. The quantitative estimate of drug-likeness (QED) is 0.159. The van der Waals surface area contributed by atoms with Gasteiger partial charge >= 0.3 is 0 Å². The summed E-state index contributed by atoms with van der Waals surface area (Å²) in [5.41, 5.74) is 11.4. The molecule has 9 aromatic rings. The molecule has 0 unspecified atom stereocenters. The Morgan fingerprint density at radius 1 is 0.250 bits per heavy atom. The van der Waals surface area contributed by atoms with E-state index in [1.165, 1.54) is 32.7 Å². The van der Waals surface area contributed by atoms with Crippen molar-refractivity contribution < 1.29 is 0 Å². The molecule has 0 fully saturated rings. The van der Waals surface area contributed by atoms with Crippen molar-refractivity contribution in [3.8, 4) is 22.3 Å². The average Bonchev–Trinajstić information content (AvgIpc) is 3.22. The molecule has 0 aliphatic carbocycles. The van der Waals surface area contributed by atoms with Gasteiger partial charge in [0.1, 0.15) is 0 Å². The van der Waals surface area contributed by atoms with E-state index in [4.69, 9.17) is 0 Å². The van der Waals surface area contributed by atoms with Crippen LogP contribution in [0.3, 0.4) is 0 Å². The van der Waals surface area contributed by atoms with Crippen molar-refractivity contribution in [3.63, 3.8) is 0 Å². The second-order valence-electron chi connectivity index (χ2n) is 13.0. The van der Waals surface area contributed by atoms with E-state index in [0.29, 0.717) is 0 Å². The van der Waals surface area contributed by atoms with Crippen LogP contribution in [0.2, 0.25) is 0 Å². The predicted molar refractivity (Wildman–Crippen MR) is 222 cm³/mol. The predicted octanol–water partition coefficient (Wildman–Crippen LogP) is 14.3. The van der Waals surface area contributed by atoms with Gasteiger partial charge in [-0.1, -0.05) is 152 Å². The molecule has 0 N–H and O–H groups in total. The number of nitrogens with zero attached hydrogens (tertiary/aromatic N) is 2. The molecule has 0 amide bonds. The lowest BCUT2D eigenvalue weighted by Crippen LogP contribution is -2.11. The van der Waals surface area contributed by atoms with Gasteiger partial charge in [-0.05, 0) is 105 Å². The molecular formula is C50H36N2. The van der Waals surface area contributed by atoms with E-state index in [2.05, 4.69) is 228 Å². The SMILES string of the molecule is c1ccc(-c2c(N(c3cccc(-c4ccc(N(c5ccccc5)c5ccccc5)cc4)c3)c3ccc4ccccc4c3)ccc3ccccc23)cc1. The summed E-state index contributed by atoms with van der Waals surface area (Å²) in [5, 5.41) is 4.88. The number of anilines is 6. The molecule has 2 nitrogen and oxygen atoms in total. The second kappa shape index (κ2) is 13.8. The Morgan fingerprint density at radius 3 is 1.46 bits per heavy atom. The molecule has 0 aromatic heterocycles. The summed E-state index contributed by atoms with van der Waals surface area (Å²) in [6.07, 6.45) is 0. The van der Waals surface area contributed by atoms with Crippen LogP contribution in [-0.2, 0) is 0 Å². The van der Waals surface area contributed by atoms with Gasteiger partial charge in [0.2, 0.25) is 0 Å². The van der Waals surface area contributed by atoms with E-state index >= 15 is 0 Å². The van der Waals surface area contributed by atoms with Crippen LogP contribution in [-0.4, -0.2) is 0 Å². The lowest BCUT2D eigenvalue weighted by Gasteiger charge is -2.29. The van der Waals surface area contributed by atoms with Gasteiger partial charge in [-0.15, -0.1) is 0 Å². The lowest BCUT2D eigenvalue weighted by molar-refractivity contribution is 1.28. The van der Waals surface area contributed by atoms with Crippen LogP contribution >= 0.6 is 0 Å². The van der Waals surface area contributed by atoms with Gasteiger partial charge in [-0.2, -0.15) is 0 Å². The largest absolute Gasteiger partial charge is 0.311 e. The standard InChI is InChI=1S/C50H36N2/c1-4-17-40(18-5-1)50-48-26-13-12-16-39(48)30-34-49(50)52(47-33-29-37-15-10-11-19-41(37)36-47)46-25-14-20-42(35-46)38-27-31-45(32-28-38)51(43-21-6-2-7-22-43)44-23-8-3-9-24-44/h1-36H. The number of rotatable bonds is 8. The molecular weight excluding hydrogens is 629 g/mol. The first-order chi connectivity index (χ1) is 25.8. The van der Waals surface area contributed by atoms with E-state index in [-0.39, 0.29) is 0 Å². The van der Waals surface area contributed by atoms with Crippen LogP contribution in [0.5, 0.6) is 0 Å². The Morgan fingerprint density at radius 2 is 0.750 bits per heavy atom. The summed E-state index contributed by atoms with van der Waals surface area (Å²) in [5.74, 6) is 0. The molecule has 9 rings (SSSR count). The maximum atomic E-state index is 2.42. The van der Waals surface area contributed by atoms with E-state index in [9.17, 15) is 0 Å². The third-order valence-corrected chi connectivity index (χ3v) is 9.79. The minimum Gasteiger partial charge on any atom is -0.311 e. The Kier molecular flexibility index (Phi) is 8.24. The summed E-state index contributed by atoms with van der Waals surface area (Å²) in [6, 6.07) is 78.3. The maximum absolute atomic E-state index is 2.42. The summed E-state index contributed by atoms with van der Waals surface area (Å²) in [4.78, 5) is 4.72. The highest BCUT2D eigenvalue weighted by molar-refractivity contribution is 6.06. The molecule has 0 aliphatic heterocycles. The number of benzene rings is 9. The maximum Gasteiger partial charge on any atom is 0.0546 e. The highest BCUT2D eigenvalue weighted by Crippen LogP contribution is 2.45. The number of hydrogen-bond acceptors (Lipinski definition) is 2. The molecule has 246 valence electrons. The zero-order valence-corrected chi connectivity index (χ0v) is 28.7.